The fraction of sp³-hybridized carbons (Fsp3) is 0.259. The normalized spacial score (nSPS) is 16.0. The van der Waals surface area contributed by atoms with Crippen LogP contribution in [0.25, 0.3) is 11.0 Å². The number of imidazole rings is 1. The van der Waals surface area contributed by atoms with Crippen LogP contribution in [0.15, 0.2) is 72.8 Å². The predicted molar refractivity (Wildman–Crippen MR) is 132 cm³/mol. The molecule has 4 aromatic rings. The van der Waals surface area contributed by atoms with Crippen molar-refractivity contribution in [3.8, 4) is 5.75 Å². The molecule has 33 heavy (non-hydrogen) atoms. The van der Waals surface area contributed by atoms with Crippen LogP contribution in [-0.4, -0.2) is 28.6 Å². The van der Waals surface area contributed by atoms with Crippen molar-refractivity contribution < 1.29 is 9.53 Å². The molecule has 3 aromatic carbocycles. The van der Waals surface area contributed by atoms with E-state index in [0.717, 1.165) is 41.3 Å². The molecule has 0 N–H and O–H groups in total. The van der Waals surface area contributed by atoms with E-state index in [4.69, 9.17) is 21.3 Å². The number of aromatic nitrogens is 2. The van der Waals surface area contributed by atoms with Crippen LogP contribution in [0.3, 0.4) is 0 Å². The summed E-state index contributed by atoms with van der Waals surface area (Å²) in [6.07, 6.45) is 1.30. The predicted octanol–water partition coefficient (Wildman–Crippen LogP) is 5.99. The van der Waals surface area contributed by atoms with Crippen LogP contribution < -0.4 is 9.64 Å². The number of carbonyl (C=O) groups is 1. The van der Waals surface area contributed by atoms with Gasteiger partial charge in [-0.25, -0.2) is 4.98 Å². The summed E-state index contributed by atoms with van der Waals surface area (Å²) in [7, 11) is 0. The number of benzene rings is 3. The number of rotatable bonds is 7. The number of hydrogen-bond acceptors (Lipinski definition) is 3. The average Bonchev–Trinajstić information content (AvgIpc) is 3.39. The minimum absolute atomic E-state index is 0.0587. The van der Waals surface area contributed by atoms with Crippen LogP contribution >= 0.6 is 11.6 Å². The van der Waals surface area contributed by atoms with E-state index in [1.54, 1.807) is 0 Å². The van der Waals surface area contributed by atoms with Crippen LogP contribution in [-0.2, 0) is 11.3 Å². The zero-order valence-corrected chi connectivity index (χ0v) is 19.3. The molecule has 0 radical (unpaired) electrons. The maximum Gasteiger partial charge on any atom is 0.227 e. The number of halogens is 1. The van der Waals surface area contributed by atoms with Crippen molar-refractivity contribution in [1.82, 2.24) is 9.55 Å². The summed E-state index contributed by atoms with van der Waals surface area (Å²) >= 11 is 5.95. The summed E-state index contributed by atoms with van der Waals surface area (Å²) in [5.74, 6) is 1.99. The van der Waals surface area contributed by atoms with Gasteiger partial charge in [0, 0.05) is 36.1 Å². The summed E-state index contributed by atoms with van der Waals surface area (Å²) in [6.45, 7) is 4.06. The summed E-state index contributed by atoms with van der Waals surface area (Å²) in [4.78, 5) is 19.7. The molecule has 1 aliphatic rings. The van der Waals surface area contributed by atoms with Crippen LogP contribution in [0, 0.1) is 6.92 Å². The van der Waals surface area contributed by atoms with Crippen molar-refractivity contribution in [2.24, 2.45) is 0 Å². The largest absolute Gasteiger partial charge is 0.494 e. The first-order valence-corrected chi connectivity index (χ1v) is 11.7. The summed E-state index contributed by atoms with van der Waals surface area (Å²) in [5, 5.41) is 0.697. The number of aryl methyl sites for hydroxylation is 2. The maximum absolute atomic E-state index is 12.9. The Kier molecular flexibility index (Phi) is 6.05. The molecule has 0 unspecified atom stereocenters. The van der Waals surface area contributed by atoms with Crippen molar-refractivity contribution in [3.05, 3.63) is 89.2 Å². The highest BCUT2D eigenvalue weighted by Gasteiger charge is 2.34. The van der Waals surface area contributed by atoms with E-state index in [0.29, 0.717) is 24.6 Å². The lowest BCUT2D eigenvalue weighted by Gasteiger charge is -2.18. The number of nitrogens with zero attached hydrogens (tertiary/aromatic N) is 3. The lowest BCUT2D eigenvalue weighted by atomic mass is 10.1. The van der Waals surface area contributed by atoms with Crippen molar-refractivity contribution in [1.29, 1.82) is 0 Å². The molecule has 0 spiro atoms. The van der Waals surface area contributed by atoms with Crippen LogP contribution in [0.4, 0.5) is 5.69 Å². The first-order valence-electron chi connectivity index (χ1n) is 11.3. The van der Waals surface area contributed by atoms with Crippen molar-refractivity contribution >= 4 is 34.2 Å². The molecule has 1 aromatic heterocycles. The van der Waals surface area contributed by atoms with Gasteiger partial charge in [-0.05, 0) is 61.9 Å². The second-order valence-electron chi connectivity index (χ2n) is 8.51. The van der Waals surface area contributed by atoms with Crippen LogP contribution in [0.5, 0.6) is 5.75 Å². The molecule has 168 valence electrons. The van der Waals surface area contributed by atoms with Gasteiger partial charge in [-0.2, -0.15) is 0 Å². The molecule has 5 rings (SSSR count). The highest BCUT2D eigenvalue weighted by Crippen LogP contribution is 2.33. The molecule has 6 heteroatoms. The quantitative estimate of drug-likeness (QED) is 0.319. The lowest BCUT2D eigenvalue weighted by Crippen LogP contribution is -2.24. The highest BCUT2D eigenvalue weighted by molar-refractivity contribution is 6.30. The molecular weight excluding hydrogens is 434 g/mol. The molecule has 5 nitrogen and oxygen atoms in total. The molecule has 0 bridgehead atoms. The van der Waals surface area contributed by atoms with E-state index in [-0.39, 0.29) is 11.8 Å². The summed E-state index contributed by atoms with van der Waals surface area (Å²) in [5.41, 5.74) is 4.20. The molecule has 1 fully saturated rings. The Morgan fingerprint density at radius 3 is 2.58 bits per heavy atom. The Bertz CT molecular complexity index is 1270. The van der Waals surface area contributed by atoms with Gasteiger partial charge in [-0.15, -0.1) is 0 Å². The number of amides is 1. The fourth-order valence-corrected chi connectivity index (χ4v) is 4.57. The summed E-state index contributed by atoms with van der Waals surface area (Å²) < 4.78 is 8.14. The van der Waals surface area contributed by atoms with E-state index < -0.39 is 0 Å². The standard InChI is InChI=1S/C27H26ClN3O2/c1-19-7-11-22(12-8-19)31-18-20(17-26(31)32)27-29-24-5-2-3-6-25(24)30(27)15-4-16-33-23-13-9-21(28)10-14-23/h2-3,5-14,20H,4,15-18H2,1H3/t20-/m1/s1. The third-order valence-electron chi connectivity index (χ3n) is 6.13. The fourth-order valence-electron chi connectivity index (χ4n) is 4.44. The van der Waals surface area contributed by atoms with Gasteiger partial charge in [0.05, 0.1) is 17.6 Å². The van der Waals surface area contributed by atoms with Gasteiger partial charge in [0.15, 0.2) is 0 Å². The second kappa shape index (κ2) is 9.28. The molecular formula is C27H26ClN3O2. The lowest BCUT2D eigenvalue weighted by molar-refractivity contribution is -0.117. The molecule has 1 amide bonds. The van der Waals surface area contributed by atoms with E-state index in [1.807, 2.05) is 71.6 Å². The first-order chi connectivity index (χ1) is 16.1. The SMILES string of the molecule is Cc1ccc(N2C[C@H](c3nc4ccccc4n3CCCOc3ccc(Cl)cc3)CC2=O)cc1. The zero-order chi connectivity index (χ0) is 22.8. The Labute approximate surface area is 198 Å². The van der Waals surface area contributed by atoms with Crippen molar-refractivity contribution in [2.75, 3.05) is 18.1 Å². The molecule has 1 saturated heterocycles. The Morgan fingerprint density at radius 1 is 1.03 bits per heavy atom. The smallest absolute Gasteiger partial charge is 0.227 e. The van der Waals surface area contributed by atoms with Gasteiger partial charge in [-0.1, -0.05) is 41.4 Å². The first kappa shape index (κ1) is 21.5. The number of carbonyl (C=O) groups excluding carboxylic acids is 1. The molecule has 2 heterocycles. The Balaban J connectivity index is 1.34. The molecule has 1 atom stereocenters. The molecule has 0 saturated carbocycles. The van der Waals surface area contributed by atoms with E-state index in [9.17, 15) is 4.79 Å². The third kappa shape index (κ3) is 4.60. The minimum atomic E-state index is 0.0587. The summed E-state index contributed by atoms with van der Waals surface area (Å²) in [6, 6.07) is 23.7. The average molecular weight is 460 g/mol. The van der Waals surface area contributed by atoms with E-state index in [1.165, 1.54) is 5.56 Å². The molecule has 1 aliphatic heterocycles. The van der Waals surface area contributed by atoms with Gasteiger partial charge in [0.2, 0.25) is 5.91 Å². The topological polar surface area (TPSA) is 47.4 Å². The van der Waals surface area contributed by atoms with Gasteiger partial charge < -0.3 is 14.2 Å². The van der Waals surface area contributed by atoms with Crippen LogP contribution in [0.2, 0.25) is 5.02 Å². The number of ether oxygens (including phenoxy) is 1. The van der Waals surface area contributed by atoms with E-state index >= 15 is 0 Å². The van der Waals surface area contributed by atoms with Gasteiger partial charge in [0.25, 0.3) is 0 Å². The van der Waals surface area contributed by atoms with E-state index in [2.05, 4.69) is 17.6 Å². The number of anilines is 1. The van der Waals surface area contributed by atoms with Gasteiger partial charge in [-0.3, -0.25) is 4.79 Å². The Morgan fingerprint density at radius 2 is 1.79 bits per heavy atom. The van der Waals surface area contributed by atoms with Crippen molar-refractivity contribution in [2.45, 2.75) is 32.2 Å². The monoisotopic (exact) mass is 459 g/mol. The highest BCUT2D eigenvalue weighted by atomic mass is 35.5. The maximum atomic E-state index is 12.9. The zero-order valence-electron chi connectivity index (χ0n) is 18.6. The molecule has 0 aliphatic carbocycles. The minimum Gasteiger partial charge on any atom is -0.494 e. The second-order valence-corrected chi connectivity index (χ2v) is 8.94. The van der Waals surface area contributed by atoms with Crippen LogP contribution in [0.1, 0.15) is 30.1 Å². The number of hydrogen-bond donors (Lipinski definition) is 0. The third-order valence-corrected chi connectivity index (χ3v) is 6.38. The van der Waals surface area contributed by atoms with Gasteiger partial charge >= 0.3 is 0 Å². The number of fused-ring (bicyclic) bond motifs is 1. The Hall–Kier alpha value is -3.31. The van der Waals surface area contributed by atoms with Crippen molar-refractivity contribution in [3.63, 3.8) is 0 Å². The number of para-hydroxylation sites is 2. The van der Waals surface area contributed by atoms with Gasteiger partial charge in [0.1, 0.15) is 11.6 Å².